The first-order chi connectivity index (χ1) is 11.0. The van der Waals surface area contributed by atoms with E-state index >= 15 is 0 Å². The number of rotatable bonds is 3. The number of benzene rings is 1. The number of fused-ring (bicyclic) bond motifs is 1. The fraction of sp³-hybridized carbons (Fsp3) is 0.529. The Kier molecular flexibility index (Phi) is 4.87. The number of hydrogen-bond acceptors (Lipinski definition) is 4. The Morgan fingerprint density at radius 1 is 1.30 bits per heavy atom. The summed E-state index contributed by atoms with van der Waals surface area (Å²) >= 11 is 5.98. The highest BCUT2D eigenvalue weighted by molar-refractivity contribution is 6.31. The Hall–Kier alpha value is -1.59. The van der Waals surface area contributed by atoms with E-state index in [1.807, 2.05) is 30.9 Å². The van der Waals surface area contributed by atoms with Gasteiger partial charge in [-0.15, -0.1) is 0 Å². The molecule has 1 aliphatic rings. The molecule has 6 heteroatoms. The van der Waals surface area contributed by atoms with E-state index in [1.165, 1.54) is 0 Å². The fourth-order valence-corrected chi connectivity index (χ4v) is 3.09. The Bertz CT molecular complexity index is 698. The lowest BCUT2D eigenvalue weighted by molar-refractivity contribution is -0.134. The van der Waals surface area contributed by atoms with Gasteiger partial charge in [-0.05, 0) is 24.6 Å². The molecule has 124 valence electrons. The molecular weight excluding hydrogens is 314 g/mol. The van der Waals surface area contributed by atoms with Gasteiger partial charge in [-0.2, -0.15) is 0 Å². The third-order valence-corrected chi connectivity index (χ3v) is 4.38. The maximum Gasteiger partial charge on any atom is 0.225 e. The van der Waals surface area contributed by atoms with Crippen molar-refractivity contribution < 1.29 is 9.21 Å². The lowest BCUT2D eigenvalue weighted by atomic mass is 10.2. The van der Waals surface area contributed by atoms with Crippen molar-refractivity contribution in [2.45, 2.75) is 26.8 Å². The van der Waals surface area contributed by atoms with Gasteiger partial charge in [0.25, 0.3) is 0 Å². The average Bonchev–Trinajstić information content (AvgIpc) is 2.75. The molecule has 0 unspecified atom stereocenters. The zero-order valence-corrected chi connectivity index (χ0v) is 14.3. The first kappa shape index (κ1) is 16.3. The van der Waals surface area contributed by atoms with Gasteiger partial charge in [-0.3, -0.25) is 9.69 Å². The number of amides is 1. The van der Waals surface area contributed by atoms with Crippen molar-refractivity contribution in [3.63, 3.8) is 0 Å². The smallest absolute Gasteiger partial charge is 0.225 e. The molecule has 1 aromatic heterocycles. The number of nitrogens with zero attached hydrogens (tertiary/aromatic N) is 3. The number of hydrogen-bond donors (Lipinski definition) is 0. The van der Waals surface area contributed by atoms with Crippen molar-refractivity contribution in [3.8, 4) is 0 Å². The molecule has 2 aromatic rings. The van der Waals surface area contributed by atoms with Gasteiger partial charge in [0.15, 0.2) is 5.58 Å². The van der Waals surface area contributed by atoms with E-state index in [-0.39, 0.29) is 11.8 Å². The minimum Gasteiger partial charge on any atom is -0.439 e. The molecule has 0 aliphatic carbocycles. The van der Waals surface area contributed by atoms with Crippen LogP contribution in [0.25, 0.3) is 11.1 Å². The SMILES string of the molecule is CC(C)C(=O)N1CCCN(Cc2nc3cc(Cl)ccc3o2)CC1. The predicted octanol–water partition coefficient (Wildman–Crippen LogP) is 3.17. The highest BCUT2D eigenvalue weighted by Gasteiger charge is 2.22. The second-order valence-corrected chi connectivity index (χ2v) is 6.77. The molecule has 5 nitrogen and oxygen atoms in total. The van der Waals surface area contributed by atoms with Crippen molar-refractivity contribution in [2.24, 2.45) is 5.92 Å². The van der Waals surface area contributed by atoms with E-state index in [2.05, 4.69) is 9.88 Å². The highest BCUT2D eigenvalue weighted by atomic mass is 35.5. The maximum absolute atomic E-state index is 12.1. The third-order valence-electron chi connectivity index (χ3n) is 4.15. The summed E-state index contributed by atoms with van der Waals surface area (Å²) in [6.07, 6.45) is 0.977. The summed E-state index contributed by atoms with van der Waals surface area (Å²) in [5.74, 6) is 0.998. The minimum atomic E-state index is 0.0586. The van der Waals surface area contributed by atoms with Crippen molar-refractivity contribution in [1.29, 1.82) is 0 Å². The Labute approximate surface area is 141 Å². The zero-order valence-electron chi connectivity index (χ0n) is 13.6. The average molecular weight is 336 g/mol. The maximum atomic E-state index is 12.1. The number of carbonyl (C=O) groups excluding carboxylic acids is 1. The first-order valence-electron chi connectivity index (χ1n) is 8.09. The van der Waals surface area contributed by atoms with Gasteiger partial charge in [0.1, 0.15) is 5.52 Å². The molecular formula is C17H22ClN3O2. The van der Waals surface area contributed by atoms with Crippen molar-refractivity contribution >= 4 is 28.6 Å². The molecule has 0 radical (unpaired) electrons. The van der Waals surface area contributed by atoms with Gasteiger partial charge >= 0.3 is 0 Å². The van der Waals surface area contributed by atoms with Crippen LogP contribution in [0.5, 0.6) is 0 Å². The summed E-state index contributed by atoms with van der Waals surface area (Å²) in [6, 6.07) is 5.47. The zero-order chi connectivity index (χ0) is 16.4. The molecule has 1 aliphatic heterocycles. The Morgan fingerprint density at radius 2 is 2.13 bits per heavy atom. The summed E-state index contributed by atoms with van der Waals surface area (Å²) < 4.78 is 5.79. The van der Waals surface area contributed by atoms with Crippen LogP contribution in [0.4, 0.5) is 0 Å². The molecule has 2 heterocycles. The first-order valence-corrected chi connectivity index (χ1v) is 8.47. The third kappa shape index (κ3) is 3.85. The van der Waals surface area contributed by atoms with Crippen LogP contribution in [-0.2, 0) is 11.3 Å². The molecule has 0 saturated carbocycles. The van der Waals surface area contributed by atoms with E-state index in [1.54, 1.807) is 6.07 Å². The Morgan fingerprint density at radius 3 is 2.91 bits per heavy atom. The summed E-state index contributed by atoms with van der Waals surface area (Å²) in [4.78, 5) is 20.9. The predicted molar refractivity (Wildman–Crippen MR) is 90.3 cm³/mol. The lowest BCUT2D eigenvalue weighted by Gasteiger charge is -2.23. The van der Waals surface area contributed by atoms with Crippen LogP contribution in [0, 0.1) is 5.92 Å². The van der Waals surface area contributed by atoms with Gasteiger partial charge in [-0.1, -0.05) is 25.4 Å². The van der Waals surface area contributed by atoms with Gasteiger partial charge in [-0.25, -0.2) is 4.98 Å². The molecule has 0 spiro atoms. The van der Waals surface area contributed by atoms with Crippen molar-refractivity contribution in [3.05, 3.63) is 29.1 Å². The summed E-state index contributed by atoms with van der Waals surface area (Å²) in [6.45, 7) is 7.96. The summed E-state index contributed by atoms with van der Waals surface area (Å²) in [5.41, 5.74) is 1.55. The quantitative estimate of drug-likeness (QED) is 0.864. The van der Waals surface area contributed by atoms with Gasteiger partial charge in [0.05, 0.1) is 6.54 Å². The van der Waals surface area contributed by atoms with Crippen LogP contribution in [-0.4, -0.2) is 46.9 Å². The number of halogens is 1. The molecule has 1 saturated heterocycles. The molecule has 1 fully saturated rings. The summed E-state index contributed by atoms with van der Waals surface area (Å²) in [7, 11) is 0. The second-order valence-electron chi connectivity index (χ2n) is 6.33. The highest BCUT2D eigenvalue weighted by Crippen LogP contribution is 2.21. The van der Waals surface area contributed by atoms with Crippen LogP contribution < -0.4 is 0 Å². The van der Waals surface area contributed by atoms with E-state index in [4.69, 9.17) is 16.0 Å². The van der Waals surface area contributed by atoms with E-state index in [9.17, 15) is 4.79 Å². The molecule has 1 aromatic carbocycles. The monoisotopic (exact) mass is 335 g/mol. The van der Waals surface area contributed by atoms with Crippen LogP contribution in [0.15, 0.2) is 22.6 Å². The number of carbonyl (C=O) groups is 1. The normalized spacial score (nSPS) is 17.0. The molecule has 0 bridgehead atoms. The van der Waals surface area contributed by atoms with Crippen LogP contribution >= 0.6 is 11.6 Å². The molecule has 3 rings (SSSR count). The second kappa shape index (κ2) is 6.89. The van der Waals surface area contributed by atoms with Gasteiger partial charge in [0.2, 0.25) is 11.8 Å². The molecule has 1 amide bonds. The van der Waals surface area contributed by atoms with Crippen LogP contribution in [0.2, 0.25) is 5.02 Å². The van der Waals surface area contributed by atoms with Crippen LogP contribution in [0.1, 0.15) is 26.2 Å². The lowest BCUT2D eigenvalue weighted by Crippen LogP contribution is -2.37. The van der Waals surface area contributed by atoms with Gasteiger partial charge in [0, 0.05) is 37.1 Å². The summed E-state index contributed by atoms with van der Waals surface area (Å²) in [5, 5.41) is 0.662. The molecule has 23 heavy (non-hydrogen) atoms. The van der Waals surface area contributed by atoms with E-state index < -0.39 is 0 Å². The topological polar surface area (TPSA) is 49.6 Å². The standard InChI is InChI=1S/C17H22ClN3O2/c1-12(2)17(22)21-7-3-6-20(8-9-21)11-16-19-14-10-13(18)4-5-15(14)23-16/h4-5,10,12H,3,6-9,11H2,1-2H3. The molecule has 0 N–H and O–H groups in total. The minimum absolute atomic E-state index is 0.0586. The largest absolute Gasteiger partial charge is 0.439 e. The van der Waals surface area contributed by atoms with Gasteiger partial charge < -0.3 is 9.32 Å². The van der Waals surface area contributed by atoms with E-state index in [0.29, 0.717) is 17.5 Å². The number of aromatic nitrogens is 1. The molecule has 0 atom stereocenters. The Balaban J connectivity index is 1.64. The number of oxazole rings is 1. The van der Waals surface area contributed by atoms with E-state index in [0.717, 1.165) is 43.7 Å². The van der Waals surface area contributed by atoms with Crippen LogP contribution in [0.3, 0.4) is 0 Å². The fourth-order valence-electron chi connectivity index (χ4n) is 2.92. The van der Waals surface area contributed by atoms with Crippen molar-refractivity contribution in [1.82, 2.24) is 14.8 Å². The van der Waals surface area contributed by atoms with Crippen molar-refractivity contribution in [2.75, 3.05) is 26.2 Å².